The predicted molar refractivity (Wildman–Crippen MR) is 125 cm³/mol. The first-order valence-corrected chi connectivity index (χ1v) is 12.3. The number of carboxylic acid groups (broad SMARTS) is 1. The van der Waals surface area contributed by atoms with Gasteiger partial charge in [-0.1, -0.05) is 103 Å². The molecule has 0 heterocycles. The number of carboxylic acids is 1. The number of ether oxygens (including phenoxy) is 1. The number of amides is 1. The molecule has 0 radical (unpaired) electrons. The standard InChI is InChI=1S/C25H45NO5/c1-3-4-5-6-7-8-9-10-11-12-13-14-15-16-17-18-23(27)26-19-20-31-25(30)22(2)21-24(28)29/h2-21H2,1H3,(H,26,27)(H,28,29). The van der Waals surface area contributed by atoms with E-state index >= 15 is 0 Å². The summed E-state index contributed by atoms with van der Waals surface area (Å²) in [4.78, 5) is 33.7. The highest BCUT2D eigenvalue weighted by molar-refractivity contribution is 5.92. The lowest BCUT2D eigenvalue weighted by Gasteiger charge is -2.07. The molecule has 0 aromatic carbocycles. The first-order valence-electron chi connectivity index (χ1n) is 12.3. The van der Waals surface area contributed by atoms with E-state index in [1.54, 1.807) is 0 Å². The van der Waals surface area contributed by atoms with Gasteiger partial charge in [0.2, 0.25) is 5.91 Å². The summed E-state index contributed by atoms with van der Waals surface area (Å²) < 4.78 is 4.87. The van der Waals surface area contributed by atoms with E-state index in [9.17, 15) is 14.4 Å². The fraction of sp³-hybridized carbons (Fsp3) is 0.800. The Hall–Kier alpha value is -1.85. The second-order valence-corrected chi connectivity index (χ2v) is 8.36. The van der Waals surface area contributed by atoms with Gasteiger partial charge in [0.1, 0.15) is 6.61 Å². The van der Waals surface area contributed by atoms with Crippen LogP contribution >= 0.6 is 0 Å². The SMILES string of the molecule is C=C(CC(=O)O)C(=O)OCCNC(=O)CCCCCCCCCCCCCCCCC. The Bertz CT molecular complexity index is 504. The van der Waals surface area contributed by atoms with Crippen LogP contribution in [0, 0.1) is 0 Å². The number of unbranched alkanes of at least 4 members (excludes halogenated alkanes) is 14. The van der Waals surface area contributed by atoms with Crippen molar-refractivity contribution in [3.05, 3.63) is 12.2 Å². The van der Waals surface area contributed by atoms with Crippen molar-refractivity contribution in [3.63, 3.8) is 0 Å². The van der Waals surface area contributed by atoms with Crippen LogP contribution in [-0.4, -0.2) is 36.1 Å². The molecule has 0 fully saturated rings. The molecule has 31 heavy (non-hydrogen) atoms. The number of nitrogens with one attached hydrogen (secondary N) is 1. The predicted octanol–water partition coefficient (Wildman–Crippen LogP) is 5.94. The maximum absolute atomic E-state index is 11.8. The lowest BCUT2D eigenvalue weighted by molar-refractivity contribution is -0.142. The van der Waals surface area contributed by atoms with Crippen LogP contribution in [0.2, 0.25) is 0 Å². The molecular formula is C25H45NO5. The molecule has 0 aliphatic carbocycles. The van der Waals surface area contributed by atoms with E-state index in [4.69, 9.17) is 9.84 Å². The van der Waals surface area contributed by atoms with E-state index in [1.165, 1.54) is 83.5 Å². The number of esters is 1. The Morgan fingerprint density at radius 1 is 0.774 bits per heavy atom. The second kappa shape index (κ2) is 21.4. The molecule has 0 rings (SSSR count). The average molecular weight is 440 g/mol. The van der Waals surface area contributed by atoms with Crippen LogP contribution in [-0.2, 0) is 19.1 Å². The monoisotopic (exact) mass is 439 g/mol. The van der Waals surface area contributed by atoms with E-state index in [-0.39, 0.29) is 24.6 Å². The van der Waals surface area contributed by atoms with Crippen LogP contribution in [0.3, 0.4) is 0 Å². The zero-order valence-corrected chi connectivity index (χ0v) is 19.7. The summed E-state index contributed by atoms with van der Waals surface area (Å²) in [6.45, 7) is 5.87. The Morgan fingerprint density at radius 2 is 1.23 bits per heavy atom. The van der Waals surface area contributed by atoms with E-state index in [0.29, 0.717) is 6.42 Å². The van der Waals surface area contributed by atoms with Crippen molar-refractivity contribution in [3.8, 4) is 0 Å². The minimum Gasteiger partial charge on any atom is -0.481 e. The molecule has 0 saturated carbocycles. The van der Waals surface area contributed by atoms with Gasteiger partial charge in [-0.25, -0.2) is 4.79 Å². The maximum atomic E-state index is 11.8. The van der Waals surface area contributed by atoms with Crippen molar-refractivity contribution in [1.29, 1.82) is 0 Å². The fourth-order valence-electron chi connectivity index (χ4n) is 3.44. The lowest BCUT2D eigenvalue weighted by Crippen LogP contribution is -2.28. The summed E-state index contributed by atoms with van der Waals surface area (Å²) in [5, 5.41) is 11.3. The maximum Gasteiger partial charge on any atom is 0.334 e. The molecule has 2 N–H and O–H groups in total. The number of carbonyl (C=O) groups excluding carboxylic acids is 2. The number of hydrogen-bond donors (Lipinski definition) is 2. The van der Waals surface area contributed by atoms with Gasteiger partial charge < -0.3 is 15.2 Å². The molecule has 0 aliphatic heterocycles. The zero-order valence-electron chi connectivity index (χ0n) is 19.7. The molecule has 0 bridgehead atoms. The molecule has 0 aromatic rings. The highest BCUT2D eigenvalue weighted by Crippen LogP contribution is 2.13. The van der Waals surface area contributed by atoms with Crippen molar-refractivity contribution < 1.29 is 24.2 Å². The first kappa shape index (κ1) is 29.1. The van der Waals surface area contributed by atoms with Crippen molar-refractivity contribution in [2.24, 2.45) is 0 Å². The van der Waals surface area contributed by atoms with Crippen LogP contribution in [0.15, 0.2) is 12.2 Å². The van der Waals surface area contributed by atoms with Gasteiger partial charge in [0, 0.05) is 12.0 Å². The van der Waals surface area contributed by atoms with Gasteiger partial charge in [-0.05, 0) is 6.42 Å². The van der Waals surface area contributed by atoms with E-state index in [1.807, 2.05) is 0 Å². The van der Waals surface area contributed by atoms with Crippen molar-refractivity contribution in [1.82, 2.24) is 5.32 Å². The van der Waals surface area contributed by atoms with Gasteiger partial charge >= 0.3 is 11.9 Å². The molecule has 6 nitrogen and oxygen atoms in total. The molecule has 180 valence electrons. The van der Waals surface area contributed by atoms with Crippen LogP contribution in [0.1, 0.15) is 116 Å². The molecule has 0 spiro atoms. The number of rotatable bonds is 22. The Morgan fingerprint density at radius 3 is 1.68 bits per heavy atom. The minimum absolute atomic E-state index is 0.0159. The lowest BCUT2D eigenvalue weighted by atomic mass is 10.0. The third kappa shape index (κ3) is 21.2. The van der Waals surface area contributed by atoms with Gasteiger partial charge in [-0.3, -0.25) is 9.59 Å². The van der Waals surface area contributed by atoms with Crippen LogP contribution in [0.25, 0.3) is 0 Å². The normalized spacial score (nSPS) is 10.6. The molecule has 6 heteroatoms. The zero-order chi connectivity index (χ0) is 23.2. The van der Waals surface area contributed by atoms with Crippen LogP contribution in [0.5, 0.6) is 0 Å². The molecule has 0 aliphatic rings. The van der Waals surface area contributed by atoms with E-state index in [0.717, 1.165) is 12.8 Å². The van der Waals surface area contributed by atoms with E-state index < -0.39 is 18.4 Å². The molecule has 1 amide bonds. The second-order valence-electron chi connectivity index (χ2n) is 8.36. The average Bonchev–Trinajstić information content (AvgIpc) is 2.73. The topological polar surface area (TPSA) is 92.7 Å². The molecule has 0 unspecified atom stereocenters. The quantitative estimate of drug-likeness (QED) is 0.124. The molecule has 0 aromatic heterocycles. The van der Waals surface area contributed by atoms with Crippen molar-refractivity contribution in [2.75, 3.05) is 13.2 Å². The number of carbonyl (C=O) groups is 3. The summed E-state index contributed by atoms with van der Waals surface area (Å²) in [7, 11) is 0. The summed E-state index contributed by atoms with van der Waals surface area (Å²) in [6.07, 6.45) is 19.5. The molecule has 0 saturated heterocycles. The van der Waals surface area contributed by atoms with Gasteiger partial charge in [-0.15, -0.1) is 0 Å². The van der Waals surface area contributed by atoms with Gasteiger partial charge in [-0.2, -0.15) is 0 Å². The summed E-state index contributed by atoms with van der Waals surface area (Å²) in [5.41, 5.74) is -0.100. The number of aliphatic carboxylic acids is 1. The first-order chi connectivity index (χ1) is 15.0. The van der Waals surface area contributed by atoms with Crippen molar-refractivity contribution >= 4 is 17.8 Å². The Balaban J connectivity index is 3.33. The van der Waals surface area contributed by atoms with Gasteiger partial charge in [0.05, 0.1) is 13.0 Å². The summed E-state index contributed by atoms with van der Waals surface area (Å²) in [5.74, 6) is -1.91. The van der Waals surface area contributed by atoms with Crippen molar-refractivity contribution in [2.45, 2.75) is 116 Å². The minimum atomic E-state index is -1.13. The third-order valence-electron chi connectivity index (χ3n) is 5.32. The van der Waals surface area contributed by atoms with Gasteiger partial charge in [0.25, 0.3) is 0 Å². The highest BCUT2D eigenvalue weighted by Gasteiger charge is 2.12. The van der Waals surface area contributed by atoms with Crippen LogP contribution < -0.4 is 5.32 Å². The summed E-state index contributed by atoms with van der Waals surface area (Å²) >= 11 is 0. The third-order valence-corrected chi connectivity index (χ3v) is 5.32. The smallest absolute Gasteiger partial charge is 0.334 e. The largest absolute Gasteiger partial charge is 0.481 e. The number of hydrogen-bond acceptors (Lipinski definition) is 4. The molecule has 0 atom stereocenters. The van der Waals surface area contributed by atoms with Gasteiger partial charge in [0.15, 0.2) is 0 Å². The summed E-state index contributed by atoms with van der Waals surface area (Å²) in [6, 6.07) is 0. The Kier molecular flexibility index (Phi) is 20.1. The fourth-order valence-corrected chi connectivity index (χ4v) is 3.44. The highest BCUT2D eigenvalue weighted by atomic mass is 16.5. The molecular weight excluding hydrogens is 394 g/mol. The van der Waals surface area contributed by atoms with Crippen LogP contribution in [0.4, 0.5) is 0 Å². The Labute approximate surface area is 189 Å². The van der Waals surface area contributed by atoms with E-state index in [2.05, 4.69) is 18.8 Å².